The van der Waals surface area contributed by atoms with Crippen LogP contribution in [0, 0.1) is 11.8 Å². The summed E-state index contributed by atoms with van der Waals surface area (Å²) in [7, 11) is 1.63. The predicted molar refractivity (Wildman–Crippen MR) is 187 cm³/mol. The van der Waals surface area contributed by atoms with E-state index in [4.69, 9.17) is 25.7 Å². The van der Waals surface area contributed by atoms with Crippen molar-refractivity contribution in [1.82, 2.24) is 19.4 Å². The Kier molecular flexibility index (Phi) is 11.9. The number of carbonyl (C=O) groups excluding carboxylic acids is 3. The van der Waals surface area contributed by atoms with Crippen molar-refractivity contribution in [2.45, 2.75) is 25.5 Å². The van der Waals surface area contributed by atoms with Gasteiger partial charge in [0.25, 0.3) is 0 Å². The van der Waals surface area contributed by atoms with Crippen LogP contribution < -0.4 is 22.5 Å². The predicted octanol–water partition coefficient (Wildman–Crippen LogP) is 2.11. The molecule has 1 aliphatic rings. The van der Waals surface area contributed by atoms with Crippen molar-refractivity contribution in [3.63, 3.8) is 0 Å². The molecule has 1 saturated heterocycles. The molecule has 1 aliphatic heterocycles. The van der Waals surface area contributed by atoms with E-state index < -0.39 is 17.9 Å². The fraction of sp³-hybridized carbons (Fsp3) is 0.278. The van der Waals surface area contributed by atoms with E-state index in [1.807, 2.05) is 30.3 Å². The molecular weight excluding hydrogens is 642 g/mol. The molecule has 4 aromatic rings. The van der Waals surface area contributed by atoms with E-state index >= 15 is 0 Å². The number of carbonyl (C=O) groups is 3. The van der Waals surface area contributed by atoms with Gasteiger partial charge in [-0.25, -0.2) is 14.6 Å². The maximum atomic E-state index is 13.1. The third-order valence-electron chi connectivity index (χ3n) is 7.85. The number of imide groups is 1. The fourth-order valence-corrected chi connectivity index (χ4v) is 5.34. The highest BCUT2D eigenvalue weighted by Crippen LogP contribution is 2.24. The molecule has 258 valence electrons. The molecule has 1 unspecified atom stereocenters. The number of hydrogen-bond donors (Lipinski definition) is 3. The van der Waals surface area contributed by atoms with Crippen LogP contribution in [-0.4, -0.2) is 71.1 Å². The number of esters is 1. The molecule has 1 atom stereocenters. The number of ether oxygens (including phenoxy) is 3. The molecule has 2 aromatic carbocycles. The molecule has 3 heterocycles. The normalized spacial score (nSPS) is 14.8. The van der Waals surface area contributed by atoms with Crippen LogP contribution in [0.1, 0.15) is 45.9 Å². The Hall–Kier alpha value is -6.04. The molecule has 50 heavy (non-hydrogen) atoms. The van der Waals surface area contributed by atoms with Crippen LogP contribution in [-0.2, 0) is 37.5 Å². The molecule has 0 aliphatic carbocycles. The first kappa shape index (κ1) is 35.3. The van der Waals surface area contributed by atoms with E-state index in [0.29, 0.717) is 54.1 Å². The lowest BCUT2D eigenvalue weighted by Gasteiger charge is -2.21. The molecule has 5 rings (SSSR count). The van der Waals surface area contributed by atoms with Gasteiger partial charge < -0.3 is 25.7 Å². The van der Waals surface area contributed by atoms with Crippen molar-refractivity contribution in [2.75, 3.05) is 38.7 Å². The van der Waals surface area contributed by atoms with Gasteiger partial charge in [-0.2, -0.15) is 0 Å². The summed E-state index contributed by atoms with van der Waals surface area (Å²) in [6, 6.07) is 15.4. The summed E-state index contributed by atoms with van der Waals surface area (Å²) >= 11 is 0. The number of fused-ring (bicyclic) bond motifs is 1. The molecule has 0 spiro atoms. The van der Waals surface area contributed by atoms with Crippen LogP contribution in [0.15, 0.2) is 76.8 Å². The number of piperidine rings is 1. The highest BCUT2D eigenvalue weighted by Gasteiger charge is 2.31. The number of amides is 2. The molecule has 14 heteroatoms. The molecule has 0 bridgehead atoms. The summed E-state index contributed by atoms with van der Waals surface area (Å²) in [5, 5.41) is 2.31. The minimum atomic E-state index is -0.766. The van der Waals surface area contributed by atoms with Gasteiger partial charge in [-0.1, -0.05) is 48.2 Å². The molecule has 5 N–H and O–H groups in total. The second kappa shape index (κ2) is 16.9. The highest BCUT2D eigenvalue weighted by atomic mass is 16.5. The van der Waals surface area contributed by atoms with Crippen LogP contribution in [0.5, 0.6) is 0 Å². The van der Waals surface area contributed by atoms with Gasteiger partial charge in [0.15, 0.2) is 0 Å². The Balaban J connectivity index is 1.05. The summed E-state index contributed by atoms with van der Waals surface area (Å²) in [5.41, 5.74) is 15.3. The summed E-state index contributed by atoms with van der Waals surface area (Å²) in [5.74, 6) is 4.63. The van der Waals surface area contributed by atoms with E-state index in [1.165, 1.54) is 21.5 Å². The average molecular weight is 680 g/mol. The van der Waals surface area contributed by atoms with Crippen molar-refractivity contribution in [3.05, 3.63) is 99.7 Å². The molecule has 0 saturated carbocycles. The monoisotopic (exact) mass is 679 g/mol. The summed E-state index contributed by atoms with van der Waals surface area (Å²) in [6.07, 6.45) is 4.85. The number of pyridine rings is 1. The van der Waals surface area contributed by atoms with Gasteiger partial charge in [-0.05, 0) is 30.2 Å². The number of anilines is 1. The number of aromatic nitrogens is 3. The summed E-state index contributed by atoms with van der Waals surface area (Å²) < 4.78 is 19.4. The smallest absolute Gasteiger partial charge is 0.342 e. The van der Waals surface area contributed by atoms with Gasteiger partial charge in [0, 0.05) is 43.2 Å². The molecule has 14 nitrogen and oxygen atoms in total. The third-order valence-corrected chi connectivity index (χ3v) is 7.85. The first-order valence-corrected chi connectivity index (χ1v) is 15.8. The minimum Gasteiger partial charge on any atom is -0.457 e. The van der Waals surface area contributed by atoms with Crippen LogP contribution in [0.25, 0.3) is 16.6 Å². The number of aryl methyl sites for hydroxylation is 1. The molecule has 1 fully saturated rings. The minimum absolute atomic E-state index is 0.0489. The van der Waals surface area contributed by atoms with E-state index in [9.17, 15) is 19.2 Å². The number of nitrogens with zero attached hydrogens (tertiary/aromatic N) is 4. The lowest BCUT2D eigenvalue weighted by Crippen LogP contribution is -2.44. The highest BCUT2D eigenvalue weighted by molar-refractivity contribution is 6.10. The lowest BCUT2D eigenvalue weighted by molar-refractivity contribution is -0.135. The van der Waals surface area contributed by atoms with Crippen LogP contribution in [0.4, 0.5) is 5.82 Å². The number of imidazole rings is 1. The summed E-state index contributed by atoms with van der Waals surface area (Å²) in [6.45, 7) is 1.57. The SMILES string of the molecule is Cn1c(=O)n(C2CCC(=O)NC2=O)c2cccc(C#CCOCCOCCN=CC(=CN)c3cnc(N)c(C(=O)OCc4ccccc4)c3)c21. The number of nitrogens with two attached hydrogens (primary N) is 2. The number of aliphatic imine (C=N–C) groups is 1. The Morgan fingerprint density at radius 1 is 1.10 bits per heavy atom. The van der Waals surface area contributed by atoms with E-state index in [0.717, 1.165) is 5.56 Å². The Bertz CT molecular complexity index is 2060. The van der Waals surface area contributed by atoms with Crippen molar-refractivity contribution in [2.24, 2.45) is 17.8 Å². The second-order valence-electron chi connectivity index (χ2n) is 11.2. The molecular formula is C36H37N7O7. The zero-order valence-electron chi connectivity index (χ0n) is 27.5. The zero-order chi connectivity index (χ0) is 35.5. The molecule has 2 amide bonds. The maximum Gasteiger partial charge on any atom is 0.342 e. The van der Waals surface area contributed by atoms with Gasteiger partial charge in [-0.15, -0.1) is 0 Å². The first-order chi connectivity index (χ1) is 24.3. The largest absolute Gasteiger partial charge is 0.457 e. The standard InChI is InChI=1S/C36H37N7O7/c1-42-32-25(9-5-11-29(32)43(36(42)47)30-12-13-31(44)41-34(30)45)10-6-15-48-17-18-49-16-14-39-21-27(20-37)26-19-28(33(38)40-22-26)35(46)50-23-24-7-3-2-4-8-24/h2-5,7-9,11,19-22,30H,12-18,23,37H2,1H3,(H2,38,40)(H,41,44,45). The molecule has 2 aromatic heterocycles. The summed E-state index contributed by atoms with van der Waals surface area (Å²) in [4.78, 5) is 58.2. The van der Waals surface area contributed by atoms with E-state index in [1.54, 1.807) is 37.5 Å². The average Bonchev–Trinajstić information content (AvgIpc) is 3.37. The van der Waals surface area contributed by atoms with E-state index in [-0.39, 0.29) is 49.0 Å². The topological polar surface area (TPSA) is 195 Å². The molecule has 0 radical (unpaired) electrons. The van der Waals surface area contributed by atoms with E-state index in [2.05, 4.69) is 27.1 Å². The van der Waals surface area contributed by atoms with Gasteiger partial charge in [0.05, 0.1) is 43.0 Å². The van der Waals surface area contributed by atoms with Crippen molar-refractivity contribution in [1.29, 1.82) is 0 Å². The van der Waals surface area contributed by atoms with Gasteiger partial charge in [0.1, 0.15) is 30.6 Å². The van der Waals surface area contributed by atoms with Crippen molar-refractivity contribution in [3.8, 4) is 11.8 Å². The number of nitrogen functional groups attached to an aromatic ring is 1. The maximum absolute atomic E-state index is 13.1. The number of benzene rings is 2. The van der Waals surface area contributed by atoms with Crippen LogP contribution in [0.2, 0.25) is 0 Å². The van der Waals surface area contributed by atoms with Gasteiger partial charge >= 0.3 is 11.7 Å². The Morgan fingerprint density at radius 2 is 1.90 bits per heavy atom. The number of allylic oxidation sites excluding steroid dienone is 1. The fourth-order valence-electron chi connectivity index (χ4n) is 5.34. The zero-order valence-corrected chi connectivity index (χ0v) is 27.5. The van der Waals surface area contributed by atoms with Crippen molar-refractivity contribution < 1.29 is 28.6 Å². The van der Waals surface area contributed by atoms with Crippen LogP contribution in [0.3, 0.4) is 0 Å². The number of rotatable bonds is 13. The lowest BCUT2D eigenvalue weighted by atomic mass is 10.1. The van der Waals surface area contributed by atoms with Gasteiger partial charge in [-0.3, -0.25) is 29.0 Å². The Labute approximate surface area is 287 Å². The third kappa shape index (κ3) is 8.51. The van der Waals surface area contributed by atoms with Crippen LogP contribution >= 0.6 is 0 Å². The number of para-hydroxylation sites is 1. The number of hydrogen-bond acceptors (Lipinski definition) is 11. The quantitative estimate of drug-likeness (QED) is 0.0619. The van der Waals surface area contributed by atoms with Crippen molar-refractivity contribution >= 4 is 46.4 Å². The Morgan fingerprint density at radius 3 is 2.68 bits per heavy atom. The second-order valence-corrected chi connectivity index (χ2v) is 11.2. The first-order valence-electron chi connectivity index (χ1n) is 15.8. The number of nitrogens with one attached hydrogen (secondary N) is 1. The van der Waals surface area contributed by atoms with Gasteiger partial charge in [0.2, 0.25) is 11.8 Å².